The molecule has 0 spiro atoms. The summed E-state index contributed by atoms with van der Waals surface area (Å²) in [4.78, 5) is 15.8. The number of hydrogen-bond acceptors (Lipinski definition) is 4. The molecule has 0 saturated carbocycles. The highest BCUT2D eigenvalue weighted by Gasteiger charge is 2.10. The first-order valence-electron chi connectivity index (χ1n) is 6.98. The summed E-state index contributed by atoms with van der Waals surface area (Å²) in [5.41, 5.74) is 3.10. The van der Waals surface area contributed by atoms with Crippen LogP contribution in [0.4, 0.5) is 0 Å². The van der Waals surface area contributed by atoms with E-state index in [0.717, 1.165) is 16.8 Å². The molecule has 2 rings (SSSR count). The number of rotatable bonds is 6. The molecule has 4 heteroatoms. The van der Waals surface area contributed by atoms with Gasteiger partial charge in [0.1, 0.15) is 0 Å². The van der Waals surface area contributed by atoms with E-state index in [1.807, 2.05) is 42.5 Å². The Morgan fingerprint density at radius 3 is 2.57 bits per heavy atom. The van der Waals surface area contributed by atoms with Crippen LogP contribution in [-0.4, -0.2) is 18.1 Å². The SMILES string of the molecule is COC(=O)Cc1ccccc1CN[C@@H](C)c1ccccn1. The molecule has 0 radical (unpaired) electrons. The van der Waals surface area contributed by atoms with Gasteiger partial charge in [0.25, 0.3) is 0 Å². The van der Waals surface area contributed by atoms with Gasteiger partial charge in [-0.25, -0.2) is 0 Å². The second kappa shape index (κ2) is 7.55. The Kier molecular flexibility index (Phi) is 5.46. The molecule has 0 aliphatic rings. The molecule has 0 aliphatic carbocycles. The number of ether oxygens (including phenoxy) is 1. The first-order valence-corrected chi connectivity index (χ1v) is 6.98. The van der Waals surface area contributed by atoms with Crippen LogP contribution >= 0.6 is 0 Å². The molecule has 0 amide bonds. The van der Waals surface area contributed by atoms with Gasteiger partial charge in [-0.3, -0.25) is 9.78 Å². The van der Waals surface area contributed by atoms with Gasteiger partial charge in [-0.15, -0.1) is 0 Å². The van der Waals surface area contributed by atoms with Crippen LogP contribution in [0.15, 0.2) is 48.7 Å². The van der Waals surface area contributed by atoms with Crippen LogP contribution in [0.5, 0.6) is 0 Å². The fraction of sp³-hybridized carbons (Fsp3) is 0.294. The van der Waals surface area contributed by atoms with Crippen LogP contribution in [0.25, 0.3) is 0 Å². The Morgan fingerprint density at radius 2 is 1.90 bits per heavy atom. The summed E-state index contributed by atoms with van der Waals surface area (Å²) in [5.74, 6) is -0.222. The Balaban J connectivity index is 2.01. The zero-order valence-corrected chi connectivity index (χ0v) is 12.4. The predicted octanol–water partition coefficient (Wildman–Crippen LogP) is 2.65. The zero-order valence-electron chi connectivity index (χ0n) is 12.4. The van der Waals surface area contributed by atoms with Crippen LogP contribution in [-0.2, 0) is 22.5 Å². The summed E-state index contributed by atoms with van der Waals surface area (Å²) < 4.78 is 4.73. The van der Waals surface area contributed by atoms with Crippen LogP contribution in [0.1, 0.15) is 29.8 Å². The van der Waals surface area contributed by atoms with Crippen LogP contribution in [0.3, 0.4) is 0 Å². The summed E-state index contributed by atoms with van der Waals surface area (Å²) in [5, 5.41) is 3.43. The Morgan fingerprint density at radius 1 is 1.19 bits per heavy atom. The summed E-state index contributed by atoms with van der Waals surface area (Å²) in [6.45, 7) is 2.76. The third kappa shape index (κ3) is 4.39. The summed E-state index contributed by atoms with van der Waals surface area (Å²) >= 11 is 0. The molecule has 0 aliphatic heterocycles. The van der Waals surface area contributed by atoms with E-state index in [-0.39, 0.29) is 12.0 Å². The molecule has 2 aromatic rings. The fourth-order valence-electron chi connectivity index (χ4n) is 2.13. The molecule has 1 aromatic heterocycles. The van der Waals surface area contributed by atoms with Gasteiger partial charge in [-0.1, -0.05) is 30.3 Å². The number of hydrogen-bond donors (Lipinski definition) is 1. The Labute approximate surface area is 125 Å². The van der Waals surface area contributed by atoms with Gasteiger partial charge in [0, 0.05) is 18.8 Å². The highest BCUT2D eigenvalue weighted by molar-refractivity contribution is 5.72. The minimum Gasteiger partial charge on any atom is -0.469 e. The number of carbonyl (C=O) groups excluding carboxylic acids is 1. The lowest BCUT2D eigenvalue weighted by atomic mass is 10.0. The van der Waals surface area contributed by atoms with E-state index in [1.54, 1.807) is 6.20 Å². The third-order valence-electron chi connectivity index (χ3n) is 3.41. The van der Waals surface area contributed by atoms with E-state index < -0.39 is 0 Å². The number of esters is 1. The molecule has 1 aromatic carbocycles. The molecule has 0 unspecified atom stereocenters. The molecule has 0 fully saturated rings. The van der Waals surface area contributed by atoms with Crippen molar-refractivity contribution in [2.45, 2.75) is 25.9 Å². The topological polar surface area (TPSA) is 51.2 Å². The molecule has 1 heterocycles. The molecule has 21 heavy (non-hydrogen) atoms. The van der Waals surface area contributed by atoms with Crippen molar-refractivity contribution < 1.29 is 9.53 Å². The van der Waals surface area contributed by atoms with Gasteiger partial charge < -0.3 is 10.1 Å². The first-order chi connectivity index (χ1) is 10.2. The van der Waals surface area contributed by atoms with Crippen LogP contribution < -0.4 is 5.32 Å². The normalized spacial score (nSPS) is 11.9. The summed E-state index contributed by atoms with van der Waals surface area (Å²) in [7, 11) is 1.41. The standard InChI is InChI=1S/C17H20N2O2/c1-13(16-9-5-6-10-18-16)19-12-15-8-4-3-7-14(15)11-17(20)21-2/h3-10,13,19H,11-12H2,1-2H3/t13-/m0/s1. The van der Waals surface area contributed by atoms with E-state index in [2.05, 4.69) is 17.2 Å². The van der Waals surface area contributed by atoms with E-state index in [9.17, 15) is 4.79 Å². The van der Waals surface area contributed by atoms with Gasteiger partial charge in [-0.05, 0) is 30.2 Å². The number of nitrogens with one attached hydrogen (secondary N) is 1. The van der Waals surface area contributed by atoms with Crippen molar-refractivity contribution in [3.8, 4) is 0 Å². The third-order valence-corrected chi connectivity index (χ3v) is 3.41. The Bertz CT molecular complexity index is 584. The number of pyridine rings is 1. The van der Waals surface area contributed by atoms with Crippen molar-refractivity contribution in [2.75, 3.05) is 7.11 Å². The molecule has 1 atom stereocenters. The predicted molar refractivity (Wildman–Crippen MR) is 81.7 cm³/mol. The van der Waals surface area contributed by atoms with Gasteiger partial charge >= 0.3 is 5.97 Å². The molecular weight excluding hydrogens is 264 g/mol. The van der Waals surface area contributed by atoms with E-state index in [1.165, 1.54) is 7.11 Å². The van der Waals surface area contributed by atoms with Crippen molar-refractivity contribution in [3.05, 3.63) is 65.5 Å². The number of methoxy groups -OCH3 is 1. The van der Waals surface area contributed by atoms with E-state index in [4.69, 9.17) is 4.74 Å². The van der Waals surface area contributed by atoms with E-state index in [0.29, 0.717) is 13.0 Å². The highest BCUT2D eigenvalue weighted by atomic mass is 16.5. The van der Waals surface area contributed by atoms with Crippen molar-refractivity contribution >= 4 is 5.97 Å². The van der Waals surface area contributed by atoms with Crippen molar-refractivity contribution in [1.82, 2.24) is 10.3 Å². The average Bonchev–Trinajstić information content (AvgIpc) is 2.54. The second-order valence-corrected chi connectivity index (χ2v) is 4.88. The fourth-order valence-corrected chi connectivity index (χ4v) is 2.13. The van der Waals surface area contributed by atoms with Gasteiger partial charge in [0.15, 0.2) is 0 Å². The smallest absolute Gasteiger partial charge is 0.309 e. The van der Waals surface area contributed by atoms with Crippen LogP contribution in [0, 0.1) is 0 Å². The number of aromatic nitrogens is 1. The first kappa shape index (κ1) is 15.2. The van der Waals surface area contributed by atoms with Gasteiger partial charge in [-0.2, -0.15) is 0 Å². The number of benzene rings is 1. The average molecular weight is 284 g/mol. The minimum atomic E-state index is -0.222. The molecule has 110 valence electrons. The Hall–Kier alpha value is -2.20. The largest absolute Gasteiger partial charge is 0.469 e. The zero-order chi connectivity index (χ0) is 15.1. The van der Waals surface area contributed by atoms with Gasteiger partial charge in [0.05, 0.1) is 19.2 Å². The number of carbonyl (C=O) groups is 1. The maximum Gasteiger partial charge on any atom is 0.309 e. The molecule has 1 N–H and O–H groups in total. The number of nitrogens with zero attached hydrogens (tertiary/aromatic N) is 1. The lowest BCUT2D eigenvalue weighted by Gasteiger charge is -2.15. The highest BCUT2D eigenvalue weighted by Crippen LogP contribution is 2.13. The van der Waals surface area contributed by atoms with E-state index >= 15 is 0 Å². The van der Waals surface area contributed by atoms with Crippen molar-refractivity contribution in [3.63, 3.8) is 0 Å². The second-order valence-electron chi connectivity index (χ2n) is 4.88. The van der Waals surface area contributed by atoms with Crippen molar-refractivity contribution in [2.24, 2.45) is 0 Å². The maximum absolute atomic E-state index is 11.4. The summed E-state index contributed by atoms with van der Waals surface area (Å²) in [6.07, 6.45) is 2.09. The monoisotopic (exact) mass is 284 g/mol. The quantitative estimate of drug-likeness (QED) is 0.829. The molecule has 0 bridgehead atoms. The molecule has 4 nitrogen and oxygen atoms in total. The van der Waals surface area contributed by atoms with Crippen LogP contribution in [0.2, 0.25) is 0 Å². The summed E-state index contributed by atoms with van der Waals surface area (Å²) in [6, 6.07) is 13.9. The van der Waals surface area contributed by atoms with Gasteiger partial charge in [0.2, 0.25) is 0 Å². The maximum atomic E-state index is 11.4. The van der Waals surface area contributed by atoms with Crippen molar-refractivity contribution in [1.29, 1.82) is 0 Å². The lowest BCUT2D eigenvalue weighted by molar-refractivity contribution is -0.139. The molecular formula is C17H20N2O2. The lowest BCUT2D eigenvalue weighted by Crippen LogP contribution is -2.20. The minimum absolute atomic E-state index is 0.150. The molecule has 0 saturated heterocycles.